The van der Waals surface area contributed by atoms with Crippen LogP contribution in [0.3, 0.4) is 0 Å². The van der Waals surface area contributed by atoms with Crippen LogP contribution in [0.4, 0.5) is 11.4 Å². The summed E-state index contributed by atoms with van der Waals surface area (Å²) < 4.78 is 5.02. The first kappa shape index (κ1) is 14.8. The Bertz CT molecular complexity index is 669. The lowest BCUT2D eigenvalue weighted by atomic mass is 10.1. The van der Waals surface area contributed by atoms with Gasteiger partial charge in [0.2, 0.25) is 0 Å². The van der Waals surface area contributed by atoms with E-state index in [0.717, 1.165) is 5.56 Å². The Labute approximate surface area is 123 Å². The zero-order valence-electron chi connectivity index (χ0n) is 12.3. The van der Waals surface area contributed by atoms with Gasteiger partial charge in [0.25, 0.3) is 5.69 Å². The summed E-state index contributed by atoms with van der Waals surface area (Å²) in [5.41, 5.74) is 4.02. The van der Waals surface area contributed by atoms with Gasteiger partial charge in [-0.1, -0.05) is 18.2 Å². The van der Waals surface area contributed by atoms with Crippen molar-refractivity contribution in [3.8, 4) is 5.75 Å². The summed E-state index contributed by atoms with van der Waals surface area (Å²) in [6.45, 7) is 4.64. The molecule has 0 aliphatic carbocycles. The summed E-state index contributed by atoms with van der Waals surface area (Å²) in [7, 11) is 1.49. The zero-order chi connectivity index (χ0) is 15.4. The number of aryl methyl sites for hydroxylation is 2. The van der Waals surface area contributed by atoms with Gasteiger partial charge in [-0.15, -0.1) is 0 Å². The molecule has 0 bridgehead atoms. The number of nitrogens with zero attached hydrogens (tertiary/aromatic N) is 1. The summed E-state index contributed by atoms with van der Waals surface area (Å²) in [5, 5.41) is 14.2. The van der Waals surface area contributed by atoms with Crippen molar-refractivity contribution in [2.24, 2.45) is 0 Å². The predicted octanol–water partition coefficient (Wildman–Crippen LogP) is 3.83. The minimum absolute atomic E-state index is 0.0122. The van der Waals surface area contributed by atoms with Crippen molar-refractivity contribution in [2.75, 3.05) is 12.4 Å². The number of hydrogen-bond acceptors (Lipinski definition) is 4. The highest BCUT2D eigenvalue weighted by Crippen LogP contribution is 2.29. The van der Waals surface area contributed by atoms with E-state index in [0.29, 0.717) is 18.0 Å². The Morgan fingerprint density at radius 1 is 1.14 bits per heavy atom. The molecule has 0 aliphatic rings. The lowest BCUT2D eigenvalue weighted by Crippen LogP contribution is -2.03. The predicted molar refractivity (Wildman–Crippen MR) is 82.9 cm³/mol. The van der Waals surface area contributed by atoms with Crippen molar-refractivity contribution in [2.45, 2.75) is 20.4 Å². The average Bonchev–Trinajstić information content (AvgIpc) is 2.48. The SMILES string of the molecule is COc1ccc(NCc2ccc(C)c(C)c2)c([N+](=O)[O-])c1. The van der Waals surface area contributed by atoms with Crippen LogP contribution in [-0.4, -0.2) is 12.0 Å². The molecule has 5 heteroatoms. The molecule has 5 nitrogen and oxygen atoms in total. The Kier molecular flexibility index (Phi) is 4.42. The molecule has 2 rings (SSSR count). The standard InChI is InChI=1S/C16H18N2O3/c1-11-4-5-13(8-12(11)2)10-17-15-7-6-14(21-3)9-16(15)18(19)20/h4-9,17H,10H2,1-3H3. The van der Waals surface area contributed by atoms with Gasteiger partial charge in [-0.2, -0.15) is 0 Å². The maximum absolute atomic E-state index is 11.1. The Morgan fingerprint density at radius 3 is 2.52 bits per heavy atom. The van der Waals surface area contributed by atoms with E-state index in [2.05, 4.69) is 31.3 Å². The van der Waals surface area contributed by atoms with Crippen LogP contribution in [-0.2, 0) is 6.54 Å². The van der Waals surface area contributed by atoms with Gasteiger partial charge in [0, 0.05) is 6.54 Å². The quantitative estimate of drug-likeness (QED) is 0.670. The van der Waals surface area contributed by atoms with E-state index in [-0.39, 0.29) is 5.69 Å². The Hall–Kier alpha value is -2.56. The molecule has 21 heavy (non-hydrogen) atoms. The minimum Gasteiger partial charge on any atom is -0.496 e. The van der Waals surface area contributed by atoms with Crippen LogP contribution >= 0.6 is 0 Å². The lowest BCUT2D eigenvalue weighted by Gasteiger charge is -2.10. The summed E-state index contributed by atoms with van der Waals surface area (Å²) in [5.74, 6) is 0.471. The van der Waals surface area contributed by atoms with Gasteiger partial charge in [-0.05, 0) is 42.7 Å². The van der Waals surface area contributed by atoms with Gasteiger partial charge in [-0.25, -0.2) is 0 Å². The fraction of sp³-hybridized carbons (Fsp3) is 0.250. The number of anilines is 1. The van der Waals surface area contributed by atoms with E-state index in [1.165, 1.54) is 24.3 Å². The van der Waals surface area contributed by atoms with Crippen molar-refractivity contribution < 1.29 is 9.66 Å². The Morgan fingerprint density at radius 2 is 1.90 bits per heavy atom. The average molecular weight is 286 g/mol. The van der Waals surface area contributed by atoms with Crippen molar-refractivity contribution in [1.82, 2.24) is 0 Å². The molecule has 0 unspecified atom stereocenters. The second-order valence-corrected chi connectivity index (χ2v) is 4.91. The molecule has 1 N–H and O–H groups in total. The van der Waals surface area contributed by atoms with Crippen LogP contribution in [0, 0.1) is 24.0 Å². The summed E-state index contributed by atoms with van der Waals surface area (Å²) >= 11 is 0. The molecule has 0 saturated heterocycles. The molecule has 0 amide bonds. The maximum atomic E-state index is 11.1. The molecular weight excluding hydrogens is 268 g/mol. The number of methoxy groups -OCH3 is 1. The first-order valence-electron chi connectivity index (χ1n) is 6.63. The summed E-state index contributed by atoms with van der Waals surface area (Å²) in [6, 6.07) is 10.9. The molecule has 0 atom stereocenters. The molecule has 0 fully saturated rings. The van der Waals surface area contributed by atoms with Crippen molar-refractivity contribution in [1.29, 1.82) is 0 Å². The van der Waals surface area contributed by atoms with Crippen LogP contribution in [0.1, 0.15) is 16.7 Å². The third kappa shape index (κ3) is 3.51. The van der Waals surface area contributed by atoms with Crippen molar-refractivity contribution in [3.05, 3.63) is 63.2 Å². The van der Waals surface area contributed by atoms with Crippen molar-refractivity contribution >= 4 is 11.4 Å². The van der Waals surface area contributed by atoms with Crippen LogP contribution in [0.15, 0.2) is 36.4 Å². The fourth-order valence-electron chi connectivity index (χ4n) is 2.05. The third-order valence-electron chi connectivity index (χ3n) is 3.46. The molecule has 0 saturated carbocycles. The van der Waals surface area contributed by atoms with E-state index in [4.69, 9.17) is 4.74 Å². The molecule has 2 aromatic rings. The van der Waals surface area contributed by atoms with Crippen LogP contribution in [0.25, 0.3) is 0 Å². The summed E-state index contributed by atoms with van der Waals surface area (Å²) in [4.78, 5) is 10.7. The largest absolute Gasteiger partial charge is 0.496 e. The third-order valence-corrected chi connectivity index (χ3v) is 3.46. The first-order valence-corrected chi connectivity index (χ1v) is 6.63. The van der Waals surface area contributed by atoms with E-state index < -0.39 is 4.92 Å². The number of nitro groups is 1. The number of benzene rings is 2. The smallest absolute Gasteiger partial charge is 0.296 e. The van der Waals surface area contributed by atoms with Crippen LogP contribution < -0.4 is 10.1 Å². The monoisotopic (exact) mass is 286 g/mol. The van der Waals surface area contributed by atoms with Gasteiger partial charge < -0.3 is 10.1 Å². The van der Waals surface area contributed by atoms with Crippen LogP contribution in [0.5, 0.6) is 5.75 Å². The van der Waals surface area contributed by atoms with Gasteiger partial charge in [0.05, 0.1) is 18.1 Å². The zero-order valence-corrected chi connectivity index (χ0v) is 12.3. The second kappa shape index (κ2) is 6.26. The van der Waals surface area contributed by atoms with Crippen LogP contribution in [0.2, 0.25) is 0 Å². The van der Waals surface area contributed by atoms with Gasteiger partial charge >= 0.3 is 0 Å². The molecule has 0 aromatic heterocycles. The maximum Gasteiger partial charge on any atom is 0.296 e. The fourth-order valence-corrected chi connectivity index (χ4v) is 2.05. The van der Waals surface area contributed by atoms with E-state index in [9.17, 15) is 10.1 Å². The second-order valence-electron chi connectivity index (χ2n) is 4.91. The highest BCUT2D eigenvalue weighted by Gasteiger charge is 2.14. The highest BCUT2D eigenvalue weighted by atomic mass is 16.6. The summed E-state index contributed by atoms with van der Waals surface area (Å²) in [6.07, 6.45) is 0. The molecule has 2 aromatic carbocycles. The molecule has 0 aliphatic heterocycles. The number of nitrogens with one attached hydrogen (secondary N) is 1. The topological polar surface area (TPSA) is 64.4 Å². The molecule has 0 heterocycles. The molecule has 110 valence electrons. The minimum atomic E-state index is -0.411. The Balaban J connectivity index is 2.19. The van der Waals surface area contributed by atoms with E-state index in [1.807, 2.05) is 6.07 Å². The van der Waals surface area contributed by atoms with Gasteiger partial charge in [0.15, 0.2) is 0 Å². The lowest BCUT2D eigenvalue weighted by molar-refractivity contribution is -0.384. The number of nitro benzene ring substituents is 1. The molecule has 0 radical (unpaired) electrons. The normalized spacial score (nSPS) is 10.2. The van der Waals surface area contributed by atoms with Gasteiger partial charge in [0.1, 0.15) is 11.4 Å². The first-order chi connectivity index (χ1) is 10.0. The van der Waals surface area contributed by atoms with E-state index in [1.54, 1.807) is 12.1 Å². The number of ether oxygens (including phenoxy) is 1. The van der Waals surface area contributed by atoms with E-state index >= 15 is 0 Å². The highest BCUT2D eigenvalue weighted by molar-refractivity contribution is 5.64. The number of rotatable bonds is 5. The number of hydrogen-bond donors (Lipinski definition) is 1. The van der Waals surface area contributed by atoms with Gasteiger partial charge in [-0.3, -0.25) is 10.1 Å². The molecule has 0 spiro atoms. The molecular formula is C16H18N2O3. The van der Waals surface area contributed by atoms with Crippen molar-refractivity contribution in [3.63, 3.8) is 0 Å².